The Morgan fingerprint density at radius 3 is 2.30 bits per heavy atom. The van der Waals surface area contributed by atoms with Crippen LogP contribution in [0.1, 0.15) is 27.6 Å². The lowest BCUT2D eigenvalue weighted by atomic mass is 10.1. The van der Waals surface area contributed by atoms with Crippen molar-refractivity contribution >= 4 is 40.9 Å². The van der Waals surface area contributed by atoms with Crippen molar-refractivity contribution in [2.24, 2.45) is 0 Å². The number of nitrogens with zero attached hydrogens (tertiary/aromatic N) is 1. The number of amides is 2. The summed E-state index contributed by atoms with van der Waals surface area (Å²) >= 11 is 1.34. The van der Waals surface area contributed by atoms with Crippen LogP contribution in [-0.2, 0) is 4.79 Å². The molecule has 0 fully saturated rings. The van der Waals surface area contributed by atoms with E-state index in [4.69, 9.17) is 0 Å². The lowest BCUT2D eigenvalue weighted by Gasteiger charge is -2.13. The van der Waals surface area contributed by atoms with Crippen LogP contribution in [0.5, 0.6) is 0 Å². The molecule has 0 spiro atoms. The molecular weight excluding hydrogens is 402 g/mol. The van der Waals surface area contributed by atoms with Crippen LogP contribution in [0.25, 0.3) is 0 Å². The molecule has 1 aromatic heterocycles. The van der Waals surface area contributed by atoms with Gasteiger partial charge in [-0.05, 0) is 49.4 Å². The zero-order valence-electron chi connectivity index (χ0n) is 16.0. The Hall–Kier alpha value is -3.65. The quantitative estimate of drug-likeness (QED) is 0.495. The second-order valence-electron chi connectivity index (χ2n) is 6.32. The Labute approximate surface area is 177 Å². The van der Waals surface area contributed by atoms with E-state index in [0.29, 0.717) is 11.4 Å². The molecule has 3 aromatic rings. The van der Waals surface area contributed by atoms with Crippen molar-refractivity contribution in [2.75, 3.05) is 10.6 Å². The van der Waals surface area contributed by atoms with E-state index in [-0.39, 0.29) is 22.3 Å². The number of hydrogen-bond donors (Lipinski definition) is 3. The van der Waals surface area contributed by atoms with E-state index in [1.54, 1.807) is 61.8 Å². The van der Waals surface area contributed by atoms with Crippen molar-refractivity contribution in [3.8, 4) is 0 Å². The summed E-state index contributed by atoms with van der Waals surface area (Å²) in [5.41, 5.74) is 1.18. The summed E-state index contributed by atoms with van der Waals surface area (Å²) in [6.07, 6.45) is 3.20. The average molecular weight is 421 g/mol. The maximum absolute atomic E-state index is 12.5. The number of aromatic nitrogens is 1. The number of benzene rings is 2. The van der Waals surface area contributed by atoms with Gasteiger partial charge in [0, 0.05) is 28.7 Å². The van der Waals surface area contributed by atoms with Crippen LogP contribution < -0.4 is 10.6 Å². The maximum Gasteiger partial charge on any atom is 0.336 e. The first-order valence-corrected chi connectivity index (χ1v) is 9.93. The number of thioether (sulfide) groups is 1. The van der Waals surface area contributed by atoms with Crippen LogP contribution in [0.15, 0.2) is 78.0 Å². The topological polar surface area (TPSA) is 108 Å². The van der Waals surface area contributed by atoms with Gasteiger partial charge in [-0.15, -0.1) is 11.8 Å². The van der Waals surface area contributed by atoms with E-state index >= 15 is 0 Å². The van der Waals surface area contributed by atoms with Gasteiger partial charge < -0.3 is 15.7 Å². The van der Waals surface area contributed by atoms with Crippen LogP contribution in [0.4, 0.5) is 11.4 Å². The first-order valence-electron chi connectivity index (χ1n) is 9.05. The zero-order chi connectivity index (χ0) is 21.5. The summed E-state index contributed by atoms with van der Waals surface area (Å²) in [5, 5.41) is 14.4. The van der Waals surface area contributed by atoms with E-state index in [0.717, 1.165) is 4.90 Å². The fraction of sp³-hybridized carbons (Fsp3) is 0.0909. The van der Waals surface area contributed by atoms with Gasteiger partial charge in [0.25, 0.3) is 5.91 Å². The molecule has 30 heavy (non-hydrogen) atoms. The van der Waals surface area contributed by atoms with Crippen molar-refractivity contribution in [3.63, 3.8) is 0 Å². The van der Waals surface area contributed by atoms with Crippen molar-refractivity contribution in [3.05, 3.63) is 84.2 Å². The van der Waals surface area contributed by atoms with Gasteiger partial charge in [0.2, 0.25) is 5.91 Å². The molecule has 2 aromatic carbocycles. The number of carbonyl (C=O) groups is 3. The highest BCUT2D eigenvalue weighted by Gasteiger charge is 2.17. The third-order valence-corrected chi connectivity index (χ3v) is 5.22. The Bertz CT molecular complexity index is 1070. The molecule has 152 valence electrons. The number of pyridine rings is 1. The molecule has 0 aliphatic rings. The lowest BCUT2D eigenvalue weighted by molar-refractivity contribution is -0.115. The Morgan fingerprint density at radius 2 is 1.60 bits per heavy atom. The van der Waals surface area contributed by atoms with Gasteiger partial charge in [0.15, 0.2) is 0 Å². The van der Waals surface area contributed by atoms with Crippen LogP contribution >= 0.6 is 11.8 Å². The molecule has 0 aliphatic carbocycles. The SMILES string of the molecule is CC(Sc1cccc(NC(=O)c2ccccc2C(=O)O)c1)C(=O)Nc1ccncc1. The van der Waals surface area contributed by atoms with Crippen molar-refractivity contribution in [2.45, 2.75) is 17.1 Å². The number of carbonyl (C=O) groups excluding carboxylic acids is 2. The average Bonchev–Trinajstić information content (AvgIpc) is 2.74. The molecule has 0 saturated heterocycles. The summed E-state index contributed by atoms with van der Waals surface area (Å²) in [6.45, 7) is 1.79. The van der Waals surface area contributed by atoms with Crippen molar-refractivity contribution in [1.82, 2.24) is 4.98 Å². The standard InChI is InChI=1S/C22H19N3O4S/c1-14(20(26)24-15-9-11-23-12-10-15)30-17-6-4-5-16(13-17)25-21(27)18-7-2-3-8-19(18)22(28)29/h2-14H,1H3,(H,25,27)(H,28,29)(H,23,24,26). The number of carboxylic acid groups (broad SMARTS) is 1. The highest BCUT2D eigenvalue weighted by Crippen LogP contribution is 2.27. The molecule has 1 unspecified atom stereocenters. The van der Waals surface area contributed by atoms with Gasteiger partial charge in [0.05, 0.1) is 16.4 Å². The molecule has 3 N–H and O–H groups in total. The Kier molecular flexibility index (Phi) is 6.82. The van der Waals surface area contributed by atoms with E-state index in [9.17, 15) is 19.5 Å². The van der Waals surface area contributed by atoms with Crippen molar-refractivity contribution < 1.29 is 19.5 Å². The number of anilines is 2. The molecular formula is C22H19N3O4S. The first kappa shape index (κ1) is 21.1. The fourth-order valence-electron chi connectivity index (χ4n) is 2.65. The highest BCUT2D eigenvalue weighted by molar-refractivity contribution is 8.00. The van der Waals surface area contributed by atoms with Crippen LogP contribution in [0.2, 0.25) is 0 Å². The zero-order valence-corrected chi connectivity index (χ0v) is 16.8. The van der Waals surface area contributed by atoms with E-state index in [1.165, 1.54) is 23.9 Å². The molecule has 0 radical (unpaired) electrons. The second kappa shape index (κ2) is 9.71. The summed E-state index contributed by atoms with van der Waals surface area (Å²) in [4.78, 5) is 40.9. The number of rotatable bonds is 7. The van der Waals surface area contributed by atoms with Gasteiger partial charge in [-0.3, -0.25) is 14.6 Å². The molecule has 3 rings (SSSR count). The van der Waals surface area contributed by atoms with Gasteiger partial charge in [0.1, 0.15) is 0 Å². The molecule has 2 amide bonds. The molecule has 1 heterocycles. The van der Waals surface area contributed by atoms with E-state index in [1.807, 2.05) is 6.07 Å². The minimum Gasteiger partial charge on any atom is -0.478 e. The largest absolute Gasteiger partial charge is 0.478 e. The molecule has 1 atom stereocenters. The van der Waals surface area contributed by atoms with Gasteiger partial charge in [-0.2, -0.15) is 0 Å². The molecule has 8 heteroatoms. The molecule has 7 nitrogen and oxygen atoms in total. The van der Waals surface area contributed by atoms with Crippen molar-refractivity contribution in [1.29, 1.82) is 0 Å². The smallest absolute Gasteiger partial charge is 0.336 e. The maximum atomic E-state index is 12.5. The highest BCUT2D eigenvalue weighted by atomic mass is 32.2. The van der Waals surface area contributed by atoms with Crippen LogP contribution in [0.3, 0.4) is 0 Å². The van der Waals surface area contributed by atoms with Gasteiger partial charge in [-0.25, -0.2) is 4.79 Å². The van der Waals surface area contributed by atoms with Gasteiger partial charge >= 0.3 is 5.97 Å². The fourth-order valence-corrected chi connectivity index (χ4v) is 3.58. The van der Waals surface area contributed by atoms with Crippen LogP contribution in [-0.4, -0.2) is 33.1 Å². The lowest BCUT2D eigenvalue weighted by Crippen LogP contribution is -2.22. The third-order valence-electron chi connectivity index (χ3n) is 4.12. The predicted molar refractivity (Wildman–Crippen MR) is 116 cm³/mol. The summed E-state index contributed by atoms with van der Waals surface area (Å²) < 4.78 is 0. The van der Waals surface area contributed by atoms with E-state index < -0.39 is 11.9 Å². The minimum absolute atomic E-state index is 0.0677. The normalized spacial score (nSPS) is 11.4. The van der Waals surface area contributed by atoms with Gasteiger partial charge in [-0.1, -0.05) is 18.2 Å². The summed E-state index contributed by atoms with van der Waals surface area (Å²) in [6, 6.07) is 16.5. The number of aromatic carboxylic acids is 1. The first-order chi connectivity index (χ1) is 14.4. The predicted octanol–water partition coefficient (Wildman–Crippen LogP) is 4.15. The Morgan fingerprint density at radius 1 is 0.900 bits per heavy atom. The molecule has 0 bridgehead atoms. The third kappa shape index (κ3) is 5.45. The number of carboxylic acids is 1. The molecule has 0 saturated carbocycles. The summed E-state index contributed by atoms with van der Waals surface area (Å²) in [7, 11) is 0. The van der Waals surface area contributed by atoms with Crippen LogP contribution in [0, 0.1) is 0 Å². The minimum atomic E-state index is -1.17. The number of hydrogen-bond acceptors (Lipinski definition) is 5. The second-order valence-corrected chi connectivity index (χ2v) is 7.73. The number of nitrogens with one attached hydrogen (secondary N) is 2. The van der Waals surface area contributed by atoms with E-state index in [2.05, 4.69) is 15.6 Å². The summed E-state index contributed by atoms with van der Waals surface area (Å²) in [5.74, 6) is -1.84. The monoisotopic (exact) mass is 421 g/mol. The Balaban J connectivity index is 1.67. The molecule has 0 aliphatic heterocycles.